The lowest BCUT2D eigenvalue weighted by Gasteiger charge is -2.18. The van der Waals surface area contributed by atoms with Crippen molar-refractivity contribution < 1.29 is 14.3 Å². The van der Waals surface area contributed by atoms with E-state index in [1.165, 1.54) is 6.07 Å². The molecule has 1 atom stereocenters. The molecule has 1 aliphatic heterocycles. The Hall–Kier alpha value is -2.20. The van der Waals surface area contributed by atoms with E-state index in [9.17, 15) is 14.3 Å². The van der Waals surface area contributed by atoms with Crippen LogP contribution < -0.4 is 0 Å². The number of hydrogen-bond acceptors (Lipinski definition) is 2. The van der Waals surface area contributed by atoms with Crippen LogP contribution in [0.5, 0.6) is 0 Å². The highest BCUT2D eigenvalue weighted by molar-refractivity contribution is 5.94. The lowest BCUT2D eigenvalue weighted by Crippen LogP contribution is -2.28. The van der Waals surface area contributed by atoms with Crippen LogP contribution in [0.2, 0.25) is 0 Å². The SMILES string of the molecule is CC(C)(O)CCc1ccc(C(=O)N2CC[C@H](c3ccccc3F)C2)cc1. The highest BCUT2D eigenvalue weighted by Crippen LogP contribution is 2.29. The van der Waals surface area contributed by atoms with E-state index in [1.54, 1.807) is 19.9 Å². The monoisotopic (exact) mass is 355 g/mol. The number of hydrogen-bond donors (Lipinski definition) is 1. The molecule has 2 aromatic rings. The number of aliphatic hydroxyl groups is 1. The van der Waals surface area contributed by atoms with Crippen LogP contribution >= 0.6 is 0 Å². The van der Waals surface area contributed by atoms with Gasteiger partial charge in [0, 0.05) is 24.6 Å². The van der Waals surface area contributed by atoms with Crippen LogP contribution in [-0.4, -0.2) is 34.6 Å². The molecule has 0 saturated carbocycles. The number of carbonyl (C=O) groups excluding carboxylic acids is 1. The first-order valence-electron chi connectivity index (χ1n) is 9.18. The Labute approximate surface area is 154 Å². The molecule has 1 amide bonds. The molecule has 1 N–H and O–H groups in total. The molecule has 138 valence electrons. The van der Waals surface area contributed by atoms with Crippen LogP contribution in [0.25, 0.3) is 0 Å². The van der Waals surface area contributed by atoms with Gasteiger partial charge in [-0.25, -0.2) is 4.39 Å². The number of halogens is 1. The largest absolute Gasteiger partial charge is 0.390 e. The Bertz CT molecular complexity index is 764. The molecule has 0 unspecified atom stereocenters. The summed E-state index contributed by atoms with van der Waals surface area (Å²) in [6.45, 7) is 4.80. The number of likely N-dealkylation sites (tertiary alicyclic amines) is 1. The molecule has 4 heteroatoms. The molecule has 1 aliphatic rings. The maximum atomic E-state index is 14.0. The minimum absolute atomic E-state index is 0.00197. The summed E-state index contributed by atoms with van der Waals surface area (Å²) >= 11 is 0. The lowest BCUT2D eigenvalue weighted by atomic mass is 9.98. The van der Waals surface area contributed by atoms with Gasteiger partial charge in [0.1, 0.15) is 5.82 Å². The predicted molar refractivity (Wildman–Crippen MR) is 101 cm³/mol. The van der Waals surface area contributed by atoms with Gasteiger partial charge in [0.05, 0.1) is 5.60 Å². The number of rotatable bonds is 5. The standard InChI is InChI=1S/C22H26FNO2/c1-22(2,26)13-11-16-7-9-17(10-8-16)21(25)24-14-12-18(15-24)19-5-3-4-6-20(19)23/h3-10,18,26H,11-15H2,1-2H3/t18-/m0/s1. The third-order valence-corrected chi connectivity index (χ3v) is 5.05. The molecular weight excluding hydrogens is 329 g/mol. The highest BCUT2D eigenvalue weighted by atomic mass is 19.1. The number of aryl methyl sites for hydroxylation is 1. The van der Waals surface area contributed by atoms with Crippen molar-refractivity contribution in [2.45, 2.75) is 44.6 Å². The first-order chi connectivity index (χ1) is 12.3. The van der Waals surface area contributed by atoms with Crippen molar-refractivity contribution in [2.75, 3.05) is 13.1 Å². The van der Waals surface area contributed by atoms with Gasteiger partial charge in [0.25, 0.3) is 5.91 Å². The van der Waals surface area contributed by atoms with Gasteiger partial charge in [-0.05, 0) is 62.4 Å². The van der Waals surface area contributed by atoms with Gasteiger partial charge >= 0.3 is 0 Å². The third kappa shape index (κ3) is 4.50. The summed E-state index contributed by atoms with van der Waals surface area (Å²) in [7, 11) is 0. The fourth-order valence-electron chi connectivity index (χ4n) is 3.45. The van der Waals surface area contributed by atoms with Crippen molar-refractivity contribution in [2.24, 2.45) is 0 Å². The van der Waals surface area contributed by atoms with Crippen molar-refractivity contribution in [3.8, 4) is 0 Å². The molecule has 26 heavy (non-hydrogen) atoms. The van der Waals surface area contributed by atoms with Crippen LogP contribution in [-0.2, 0) is 6.42 Å². The van der Waals surface area contributed by atoms with Crippen LogP contribution in [0.15, 0.2) is 48.5 Å². The van der Waals surface area contributed by atoms with E-state index in [0.717, 1.165) is 18.4 Å². The summed E-state index contributed by atoms with van der Waals surface area (Å²) in [4.78, 5) is 14.5. The van der Waals surface area contributed by atoms with E-state index in [2.05, 4.69) is 0 Å². The summed E-state index contributed by atoms with van der Waals surface area (Å²) in [6.07, 6.45) is 2.24. The van der Waals surface area contributed by atoms with E-state index >= 15 is 0 Å². The average Bonchev–Trinajstić information content (AvgIpc) is 3.09. The fourth-order valence-corrected chi connectivity index (χ4v) is 3.45. The second-order valence-corrected chi connectivity index (χ2v) is 7.77. The Kier molecular flexibility index (Phi) is 5.42. The molecule has 3 nitrogen and oxygen atoms in total. The van der Waals surface area contributed by atoms with Gasteiger partial charge < -0.3 is 10.0 Å². The topological polar surface area (TPSA) is 40.5 Å². The average molecular weight is 355 g/mol. The summed E-state index contributed by atoms with van der Waals surface area (Å²) in [5.74, 6) is -0.132. The molecule has 1 fully saturated rings. The van der Waals surface area contributed by atoms with Gasteiger partial charge in [-0.2, -0.15) is 0 Å². The van der Waals surface area contributed by atoms with Gasteiger partial charge in [-0.1, -0.05) is 30.3 Å². The maximum Gasteiger partial charge on any atom is 0.253 e. The second-order valence-electron chi connectivity index (χ2n) is 7.77. The van der Waals surface area contributed by atoms with Crippen molar-refractivity contribution in [1.82, 2.24) is 4.90 Å². The minimum Gasteiger partial charge on any atom is -0.390 e. The molecule has 0 bridgehead atoms. The Morgan fingerprint density at radius 3 is 2.54 bits per heavy atom. The summed E-state index contributed by atoms with van der Waals surface area (Å²) in [5.41, 5.74) is 1.77. The third-order valence-electron chi connectivity index (χ3n) is 5.05. The first-order valence-corrected chi connectivity index (χ1v) is 9.18. The van der Waals surface area contributed by atoms with Crippen LogP contribution in [0, 0.1) is 5.82 Å². The Morgan fingerprint density at radius 1 is 1.19 bits per heavy atom. The second kappa shape index (κ2) is 7.58. The lowest BCUT2D eigenvalue weighted by molar-refractivity contribution is 0.0713. The van der Waals surface area contributed by atoms with Crippen LogP contribution in [0.3, 0.4) is 0 Å². The quantitative estimate of drug-likeness (QED) is 0.875. The van der Waals surface area contributed by atoms with E-state index in [0.29, 0.717) is 30.6 Å². The maximum absolute atomic E-state index is 14.0. The fraction of sp³-hybridized carbons (Fsp3) is 0.409. The Balaban J connectivity index is 1.62. The van der Waals surface area contributed by atoms with E-state index in [-0.39, 0.29) is 17.6 Å². The molecular formula is C22H26FNO2. The summed E-state index contributed by atoms with van der Waals surface area (Å²) < 4.78 is 14.0. The molecule has 2 aromatic carbocycles. The van der Waals surface area contributed by atoms with Crippen LogP contribution in [0.4, 0.5) is 4.39 Å². The van der Waals surface area contributed by atoms with Crippen molar-refractivity contribution in [1.29, 1.82) is 0 Å². The normalized spacial score (nSPS) is 17.5. The summed E-state index contributed by atoms with van der Waals surface area (Å²) in [6, 6.07) is 14.4. The van der Waals surface area contributed by atoms with Crippen molar-refractivity contribution in [3.05, 3.63) is 71.0 Å². The van der Waals surface area contributed by atoms with E-state index in [1.807, 2.05) is 41.3 Å². The predicted octanol–water partition coefficient (Wildman–Crippen LogP) is 4.16. The zero-order valence-corrected chi connectivity index (χ0v) is 15.4. The summed E-state index contributed by atoms with van der Waals surface area (Å²) in [5, 5.41) is 9.82. The number of benzene rings is 2. The van der Waals surface area contributed by atoms with E-state index < -0.39 is 5.60 Å². The minimum atomic E-state index is -0.689. The molecule has 0 aromatic heterocycles. The van der Waals surface area contributed by atoms with Crippen molar-refractivity contribution >= 4 is 5.91 Å². The van der Waals surface area contributed by atoms with Crippen molar-refractivity contribution in [3.63, 3.8) is 0 Å². The zero-order chi connectivity index (χ0) is 18.7. The molecule has 0 radical (unpaired) electrons. The number of nitrogens with zero attached hydrogens (tertiary/aromatic N) is 1. The number of carbonyl (C=O) groups is 1. The van der Waals surface area contributed by atoms with Gasteiger partial charge in [0.2, 0.25) is 0 Å². The molecule has 0 aliphatic carbocycles. The van der Waals surface area contributed by atoms with E-state index in [4.69, 9.17) is 0 Å². The highest BCUT2D eigenvalue weighted by Gasteiger charge is 2.29. The van der Waals surface area contributed by atoms with Gasteiger partial charge in [-0.15, -0.1) is 0 Å². The number of amides is 1. The van der Waals surface area contributed by atoms with Crippen LogP contribution in [0.1, 0.15) is 54.1 Å². The molecule has 0 spiro atoms. The molecule has 1 saturated heterocycles. The zero-order valence-electron chi connectivity index (χ0n) is 15.4. The first kappa shape index (κ1) is 18.6. The Morgan fingerprint density at radius 2 is 1.88 bits per heavy atom. The van der Waals surface area contributed by atoms with Gasteiger partial charge in [-0.3, -0.25) is 4.79 Å². The molecule has 1 heterocycles. The van der Waals surface area contributed by atoms with Gasteiger partial charge in [0.15, 0.2) is 0 Å². The smallest absolute Gasteiger partial charge is 0.253 e. The molecule has 3 rings (SSSR count).